The molecule has 2 aromatic carbocycles. The minimum absolute atomic E-state index is 0.186. The minimum atomic E-state index is -0.495. The number of benzene rings is 2. The topological polar surface area (TPSA) is 43.9 Å². The molecule has 0 saturated carbocycles. The van der Waals surface area contributed by atoms with Gasteiger partial charge in [0, 0.05) is 18.1 Å². The lowest BCUT2D eigenvalue weighted by molar-refractivity contribution is -0.126. The second-order valence-corrected chi connectivity index (χ2v) is 8.51. The molecule has 28 heavy (non-hydrogen) atoms. The Morgan fingerprint density at radius 1 is 0.786 bits per heavy atom. The molecule has 8 heteroatoms. The lowest BCUT2D eigenvalue weighted by Gasteiger charge is -2.29. The number of hydrogen-bond donors (Lipinski definition) is 0. The number of halogens is 3. The maximum atomic E-state index is 13.4. The molecule has 3 aliphatic rings. The number of fused-ring (bicyclic) bond motifs is 3. The van der Waals surface area contributed by atoms with E-state index in [1.165, 1.54) is 4.90 Å². The molecule has 0 aromatic heterocycles. The molecule has 144 valence electrons. The smallest absolute Gasteiger partial charge is 0.253 e. The van der Waals surface area contributed by atoms with Gasteiger partial charge in [0.15, 0.2) is 0 Å². The highest BCUT2D eigenvalue weighted by molar-refractivity contribution is 6.42. The number of carbonyl (C=O) groups excluding carboxylic acids is 2. The van der Waals surface area contributed by atoms with Crippen LogP contribution in [0.2, 0.25) is 15.1 Å². The average molecular weight is 437 g/mol. The third-order valence-electron chi connectivity index (χ3n) is 5.78. The average Bonchev–Trinajstić information content (AvgIpc) is 3.31. The molecular weight excluding hydrogens is 421 g/mol. The standard InChI is InChI=1S/C20H16Cl3N3O2/c21-12-4-2-11(3-5-12)17-16-18(25-9-1-8-24(17)25)20(28)26(19(16)27)13-6-7-14(22)15(23)10-13/h2-7,10,16-18H,1,8-9H2/t16-,17+,18-/m0/s1. The lowest BCUT2D eigenvalue weighted by atomic mass is 9.90. The van der Waals surface area contributed by atoms with Crippen LogP contribution in [0.3, 0.4) is 0 Å². The maximum Gasteiger partial charge on any atom is 0.253 e. The summed E-state index contributed by atoms with van der Waals surface area (Å²) in [4.78, 5) is 28.0. The van der Waals surface area contributed by atoms with Crippen LogP contribution in [0.25, 0.3) is 0 Å². The van der Waals surface area contributed by atoms with E-state index >= 15 is 0 Å². The van der Waals surface area contributed by atoms with Gasteiger partial charge >= 0.3 is 0 Å². The van der Waals surface area contributed by atoms with Gasteiger partial charge in [0.2, 0.25) is 5.91 Å². The molecule has 5 rings (SSSR count). The normalized spacial score (nSPS) is 27.5. The van der Waals surface area contributed by atoms with Crippen molar-refractivity contribution in [1.82, 2.24) is 10.0 Å². The van der Waals surface area contributed by atoms with Crippen molar-refractivity contribution in [1.29, 1.82) is 0 Å². The summed E-state index contributed by atoms with van der Waals surface area (Å²) in [5, 5.41) is 5.56. The van der Waals surface area contributed by atoms with E-state index in [0.717, 1.165) is 25.1 Å². The molecule has 0 N–H and O–H groups in total. The van der Waals surface area contributed by atoms with Gasteiger partial charge < -0.3 is 0 Å². The van der Waals surface area contributed by atoms with E-state index in [2.05, 4.69) is 10.0 Å². The van der Waals surface area contributed by atoms with Crippen LogP contribution in [0, 0.1) is 5.92 Å². The van der Waals surface area contributed by atoms with Gasteiger partial charge in [-0.05, 0) is 42.3 Å². The van der Waals surface area contributed by atoms with Crippen LogP contribution < -0.4 is 4.90 Å². The van der Waals surface area contributed by atoms with Gasteiger partial charge in [0.1, 0.15) is 6.04 Å². The minimum Gasteiger partial charge on any atom is -0.274 e. The number of hydrazine groups is 1. The first-order valence-electron chi connectivity index (χ1n) is 9.09. The Kier molecular flexibility index (Phi) is 4.41. The molecule has 3 atom stereocenters. The van der Waals surface area contributed by atoms with Crippen LogP contribution in [0.1, 0.15) is 18.0 Å². The first kappa shape index (κ1) is 18.4. The Balaban J connectivity index is 1.58. The monoisotopic (exact) mass is 435 g/mol. The second kappa shape index (κ2) is 6.71. The molecule has 0 unspecified atom stereocenters. The van der Waals surface area contributed by atoms with Gasteiger partial charge in [-0.3, -0.25) is 9.59 Å². The number of anilines is 1. The number of hydrogen-bond acceptors (Lipinski definition) is 4. The molecule has 2 amide bonds. The summed E-state index contributed by atoms with van der Waals surface area (Å²) in [5.41, 5.74) is 1.44. The molecule has 0 aliphatic carbocycles. The molecule has 5 nitrogen and oxygen atoms in total. The van der Waals surface area contributed by atoms with Crippen molar-refractivity contribution in [2.75, 3.05) is 18.0 Å². The number of carbonyl (C=O) groups is 2. The molecule has 0 bridgehead atoms. The summed E-state index contributed by atoms with van der Waals surface area (Å²) < 4.78 is 0. The Morgan fingerprint density at radius 2 is 1.46 bits per heavy atom. The van der Waals surface area contributed by atoms with E-state index in [1.54, 1.807) is 18.2 Å². The van der Waals surface area contributed by atoms with E-state index in [-0.39, 0.29) is 17.9 Å². The fourth-order valence-electron chi connectivity index (χ4n) is 4.65. The van der Waals surface area contributed by atoms with E-state index in [0.29, 0.717) is 20.8 Å². The zero-order valence-corrected chi connectivity index (χ0v) is 17.0. The molecule has 3 fully saturated rings. The molecule has 3 saturated heterocycles. The molecule has 0 spiro atoms. The van der Waals surface area contributed by atoms with Crippen molar-refractivity contribution in [2.24, 2.45) is 5.92 Å². The number of rotatable bonds is 2. The highest BCUT2D eigenvalue weighted by Crippen LogP contribution is 2.49. The fourth-order valence-corrected chi connectivity index (χ4v) is 5.07. The van der Waals surface area contributed by atoms with Crippen LogP contribution in [-0.2, 0) is 9.59 Å². The van der Waals surface area contributed by atoms with Crippen molar-refractivity contribution in [3.8, 4) is 0 Å². The Hall–Kier alpha value is -1.63. The van der Waals surface area contributed by atoms with Crippen molar-refractivity contribution >= 4 is 52.3 Å². The summed E-state index contributed by atoms with van der Waals surface area (Å²) in [7, 11) is 0. The molecule has 3 aliphatic heterocycles. The van der Waals surface area contributed by atoms with Gasteiger partial charge in [-0.1, -0.05) is 46.9 Å². The van der Waals surface area contributed by atoms with Crippen molar-refractivity contribution in [3.63, 3.8) is 0 Å². The number of nitrogens with zero attached hydrogens (tertiary/aromatic N) is 3. The fraction of sp³-hybridized carbons (Fsp3) is 0.300. The lowest BCUT2D eigenvalue weighted by Crippen LogP contribution is -2.44. The summed E-state index contributed by atoms with van der Waals surface area (Å²) >= 11 is 18.2. The van der Waals surface area contributed by atoms with Crippen LogP contribution in [0.5, 0.6) is 0 Å². The Bertz CT molecular complexity index is 981. The van der Waals surface area contributed by atoms with Gasteiger partial charge in [0.25, 0.3) is 5.91 Å². The highest BCUT2D eigenvalue weighted by Gasteiger charge is 2.62. The molecule has 3 heterocycles. The number of amides is 2. The highest BCUT2D eigenvalue weighted by atomic mass is 35.5. The molecule has 2 aromatic rings. The first-order valence-corrected chi connectivity index (χ1v) is 10.2. The zero-order valence-electron chi connectivity index (χ0n) is 14.7. The molecular formula is C20H16Cl3N3O2. The third kappa shape index (κ3) is 2.61. The largest absolute Gasteiger partial charge is 0.274 e. The first-order chi connectivity index (χ1) is 13.5. The summed E-state index contributed by atoms with van der Waals surface area (Å²) in [6.07, 6.45) is 0.960. The number of imide groups is 1. The van der Waals surface area contributed by atoms with Gasteiger partial charge in [-0.25, -0.2) is 14.9 Å². The summed E-state index contributed by atoms with van der Waals surface area (Å²) in [6, 6.07) is 11.7. The van der Waals surface area contributed by atoms with Crippen LogP contribution in [-0.4, -0.2) is 41.0 Å². The predicted molar refractivity (Wildman–Crippen MR) is 108 cm³/mol. The van der Waals surface area contributed by atoms with Crippen molar-refractivity contribution < 1.29 is 9.59 Å². The molecule has 0 radical (unpaired) electrons. The van der Waals surface area contributed by atoms with Crippen LogP contribution in [0.4, 0.5) is 5.69 Å². The third-order valence-corrected chi connectivity index (χ3v) is 6.77. The summed E-state index contributed by atoms with van der Waals surface area (Å²) in [6.45, 7) is 1.59. The Labute approximate surface area is 177 Å². The van der Waals surface area contributed by atoms with E-state index in [1.807, 2.05) is 24.3 Å². The van der Waals surface area contributed by atoms with Crippen LogP contribution in [0.15, 0.2) is 42.5 Å². The van der Waals surface area contributed by atoms with Crippen molar-refractivity contribution in [3.05, 3.63) is 63.1 Å². The van der Waals surface area contributed by atoms with Crippen molar-refractivity contribution in [2.45, 2.75) is 18.5 Å². The van der Waals surface area contributed by atoms with Gasteiger partial charge in [-0.2, -0.15) is 0 Å². The maximum absolute atomic E-state index is 13.4. The van der Waals surface area contributed by atoms with E-state index in [9.17, 15) is 9.59 Å². The Morgan fingerprint density at radius 3 is 2.14 bits per heavy atom. The predicted octanol–water partition coefficient (Wildman–Crippen LogP) is 4.18. The van der Waals surface area contributed by atoms with E-state index < -0.39 is 12.0 Å². The van der Waals surface area contributed by atoms with E-state index in [4.69, 9.17) is 34.8 Å². The second-order valence-electron chi connectivity index (χ2n) is 7.26. The van der Waals surface area contributed by atoms with Gasteiger partial charge in [0.05, 0.1) is 27.7 Å². The zero-order chi connectivity index (χ0) is 19.6. The van der Waals surface area contributed by atoms with Gasteiger partial charge in [-0.15, -0.1) is 0 Å². The summed E-state index contributed by atoms with van der Waals surface area (Å²) in [5.74, 6) is -0.886. The SMILES string of the molecule is O=C1[C@@H]2[C@@H](C(=O)N1c1ccc(Cl)c(Cl)c1)N1CCCN1[C@@H]2c1ccc(Cl)cc1. The van der Waals surface area contributed by atoms with Crippen LogP contribution >= 0.6 is 34.8 Å². The quantitative estimate of drug-likeness (QED) is 0.663.